The summed E-state index contributed by atoms with van der Waals surface area (Å²) in [7, 11) is -3.80. The SMILES string of the molecule is CC1CCN(c2oc(-c3ccccc3)nc2S(=O)(=O)c2ccc(Br)cc2)CC1. The highest BCUT2D eigenvalue weighted by Crippen LogP contribution is 2.36. The Labute approximate surface area is 173 Å². The molecule has 146 valence electrons. The van der Waals surface area contributed by atoms with Gasteiger partial charge in [0.2, 0.25) is 26.6 Å². The maximum absolute atomic E-state index is 13.4. The second-order valence-electron chi connectivity index (χ2n) is 7.12. The number of benzene rings is 2. The van der Waals surface area contributed by atoms with E-state index in [0.29, 0.717) is 17.7 Å². The molecular weight excluding hydrogens is 440 g/mol. The maximum Gasteiger partial charge on any atom is 0.236 e. The highest BCUT2D eigenvalue weighted by molar-refractivity contribution is 9.10. The summed E-state index contributed by atoms with van der Waals surface area (Å²) in [6.45, 7) is 3.73. The van der Waals surface area contributed by atoms with Gasteiger partial charge in [0, 0.05) is 23.1 Å². The van der Waals surface area contributed by atoms with Crippen molar-refractivity contribution in [2.75, 3.05) is 18.0 Å². The van der Waals surface area contributed by atoms with E-state index in [0.717, 1.165) is 36.0 Å². The topological polar surface area (TPSA) is 63.4 Å². The molecule has 0 N–H and O–H groups in total. The van der Waals surface area contributed by atoms with Crippen molar-refractivity contribution < 1.29 is 12.8 Å². The van der Waals surface area contributed by atoms with Crippen LogP contribution in [0.3, 0.4) is 0 Å². The summed E-state index contributed by atoms with van der Waals surface area (Å²) >= 11 is 3.35. The van der Waals surface area contributed by atoms with E-state index in [1.54, 1.807) is 24.3 Å². The predicted molar refractivity (Wildman–Crippen MR) is 112 cm³/mol. The third-order valence-corrected chi connectivity index (χ3v) is 7.25. The van der Waals surface area contributed by atoms with Crippen molar-refractivity contribution in [2.45, 2.75) is 29.7 Å². The minimum atomic E-state index is -3.80. The molecule has 0 amide bonds. The van der Waals surface area contributed by atoms with Crippen molar-refractivity contribution in [1.82, 2.24) is 4.98 Å². The number of nitrogens with zero attached hydrogens (tertiary/aromatic N) is 2. The normalized spacial score (nSPS) is 15.7. The minimum Gasteiger partial charge on any atom is -0.419 e. The zero-order chi connectivity index (χ0) is 19.7. The number of halogens is 1. The Morgan fingerprint density at radius 1 is 1.04 bits per heavy atom. The van der Waals surface area contributed by atoms with Crippen LogP contribution in [0.1, 0.15) is 19.8 Å². The number of oxazole rings is 1. The molecule has 7 heteroatoms. The Balaban J connectivity index is 1.82. The summed E-state index contributed by atoms with van der Waals surface area (Å²) in [6, 6.07) is 16.0. The number of rotatable bonds is 4. The Morgan fingerprint density at radius 3 is 2.32 bits per heavy atom. The van der Waals surface area contributed by atoms with Gasteiger partial charge < -0.3 is 9.32 Å². The molecule has 2 heterocycles. The van der Waals surface area contributed by atoms with Gasteiger partial charge in [-0.3, -0.25) is 0 Å². The molecule has 0 spiro atoms. The average molecular weight is 461 g/mol. The lowest BCUT2D eigenvalue weighted by Gasteiger charge is -2.30. The van der Waals surface area contributed by atoms with Crippen LogP contribution in [0, 0.1) is 5.92 Å². The molecule has 0 saturated carbocycles. The third-order valence-electron chi connectivity index (χ3n) is 5.05. The zero-order valence-electron chi connectivity index (χ0n) is 15.5. The first-order valence-corrected chi connectivity index (χ1v) is 11.5. The van der Waals surface area contributed by atoms with Crippen molar-refractivity contribution in [3.63, 3.8) is 0 Å². The fourth-order valence-corrected chi connectivity index (χ4v) is 4.90. The Bertz CT molecular complexity index is 1050. The summed E-state index contributed by atoms with van der Waals surface area (Å²) in [4.78, 5) is 6.65. The lowest BCUT2D eigenvalue weighted by molar-refractivity contribution is 0.416. The van der Waals surface area contributed by atoms with E-state index in [1.807, 2.05) is 35.2 Å². The first-order chi connectivity index (χ1) is 13.4. The highest BCUT2D eigenvalue weighted by Gasteiger charge is 2.32. The predicted octanol–water partition coefficient (Wildman–Crippen LogP) is 5.17. The van der Waals surface area contributed by atoms with Crippen molar-refractivity contribution in [3.05, 3.63) is 59.1 Å². The van der Waals surface area contributed by atoms with Crippen LogP contribution >= 0.6 is 15.9 Å². The van der Waals surface area contributed by atoms with E-state index in [2.05, 4.69) is 27.8 Å². The van der Waals surface area contributed by atoms with Gasteiger partial charge in [-0.25, -0.2) is 8.42 Å². The van der Waals surface area contributed by atoms with Crippen LogP contribution in [0.15, 0.2) is 73.4 Å². The van der Waals surface area contributed by atoms with Crippen molar-refractivity contribution in [2.24, 2.45) is 5.92 Å². The van der Waals surface area contributed by atoms with Gasteiger partial charge in [0.25, 0.3) is 0 Å². The highest BCUT2D eigenvalue weighted by atomic mass is 79.9. The second kappa shape index (κ2) is 7.72. The van der Waals surface area contributed by atoms with Crippen LogP contribution in [-0.2, 0) is 9.84 Å². The molecule has 28 heavy (non-hydrogen) atoms. The van der Waals surface area contributed by atoms with Crippen LogP contribution in [0.5, 0.6) is 0 Å². The molecule has 1 aromatic heterocycles. The van der Waals surface area contributed by atoms with Crippen LogP contribution in [0.25, 0.3) is 11.5 Å². The molecule has 0 aliphatic carbocycles. The first-order valence-electron chi connectivity index (χ1n) is 9.27. The molecule has 0 radical (unpaired) electrons. The Kier molecular flexibility index (Phi) is 5.29. The number of hydrogen-bond acceptors (Lipinski definition) is 5. The largest absolute Gasteiger partial charge is 0.419 e. The molecule has 1 saturated heterocycles. The third kappa shape index (κ3) is 3.73. The minimum absolute atomic E-state index is 0.0109. The van der Waals surface area contributed by atoms with Crippen molar-refractivity contribution >= 4 is 31.7 Å². The standard InChI is InChI=1S/C21H21BrN2O3S/c1-15-11-13-24(14-12-15)21-20(23-19(27-21)16-5-3-2-4-6-16)28(25,26)18-9-7-17(22)8-10-18/h2-10,15H,11-14H2,1H3. The van der Waals surface area contributed by atoms with Crippen LogP contribution < -0.4 is 4.90 Å². The second-order valence-corrected chi connectivity index (χ2v) is 9.90. The quantitative estimate of drug-likeness (QED) is 0.536. The monoisotopic (exact) mass is 460 g/mol. The fraction of sp³-hybridized carbons (Fsp3) is 0.286. The molecule has 1 fully saturated rings. The van der Waals surface area contributed by atoms with Gasteiger partial charge in [-0.15, -0.1) is 0 Å². The van der Waals surface area contributed by atoms with E-state index in [4.69, 9.17) is 4.42 Å². The molecule has 0 atom stereocenters. The summed E-state index contributed by atoms with van der Waals surface area (Å²) < 4.78 is 33.6. The molecule has 0 bridgehead atoms. The van der Waals surface area contributed by atoms with E-state index < -0.39 is 9.84 Å². The van der Waals surface area contributed by atoms with E-state index in [9.17, 15) is 8.42 Å². The van der Waals surface area contributed by atoms with E-state index in [-0.39, 0.29) is 9.92 Å². The van der Waals surface area contributed by atoms with E-state index >= 15 is 0 Å². The van der Waals surface area contributed by atoms with Gasteiger partial charge in [-0.2, -0.15) is 4.98 Å². The molecule has 3 aromatic rings. The molecule has 0 unspecified atom stereocenters. The summed E-state index contributed by atoms with van der Waals surface area (Å²) in [6.07, 6.45) is 2.00. The van der Waals surface area contributed by atoms with E-state index in [1.165, 1.54) is 0 Å². The first kappa shape index (κ1) is 19.2. The van der Waals surface area contributed by atoms with Gasteiger partial charge in [0.1, 0.15) is 0 Å². The Morgan fingerprint density at radius 2 is 1.68 bits per heavy atom. The fourth-order valence-electron chi connectivity index (χ4n) is 3.31. The Hall–Kier alpha value is -2.12. The maximum atomic E-state index is 13.4. The lowest BCUT2D eigenvalue weighted by atomic mass is 9.99. The number of sulfone groups is 1. The lowest BCUT2D eigenvalue weighted by Crippen LogP contribution is -2.33. The molecule has 2 aromatic carbocycles. The van der Waals surface area contributed by atoms with Gasteiger partial charge in [-0.05, 0) is 55.2 Å². The molecule has 1 aliphatic rings. The van der Waals surface area contributed by atoms with Crippen LogP contribution in [0.4, 0.5) is 5.88 Å². The van der Waals surface area contributed by atoms with Gasteiger partial charge in [-0.1, -0.05) is 41.1 Å². The van der Waals surface area contributed by atoms with Gasteiger partial charge in [0.05, 0.1) is 4.90 Å². The van der Waals surface area contributed by atoms with Gasteiger partial charge in [0.15, 0.2) is 0 Å². The smallest absolute Gasteiger partial charge is 0.236 e. The van der Waals surface area contributed by atoms with Crippen molar-refractivity contribution in [1.29, 1.82) is 0 Å². The number of anilines is 1. The molecule has 5 nitrogen and oxygen atoms in total. The van der Waals surface area contributed by atoms with Crippen LogP contribution in [0.2, 0.25) is 0 Å². The summed E-state index contributed by atoms with van der Waals surface area (Å²) in [5, 5.41) is -0.0109. The molecular formula is C21H21BrN2O3S. The number of aromatic nitrogens is 1. The van der Waals surface area contributed by atoms with Crippen molar-refractivity contribution in [3.8, 4) is 11.5 Å². The van der Waals surface area contributed by atoms with Gasteiger partial charge >= 0.3 is 0 Å². The van der Waals surface area contributed by atoms with Crippen LogP contribution in [-0.4, -0.2) is 26.5 Å². The summed E-state index contributed by atoms with van der Waals surface area (Å²) in [5.74, 6) is 1.29. The summed E-state index contributed by atoms with van der Waals surface area (Å²) in [5.41, 5.74) is 0.756. The number of hydrogen-bond donors (Lipinski definition) is 0. The molecule has 4 rings (SSSR count). The molecule has 1 aliphatic heterocycles. The average Bonchev–Trinajstić information content (AvgIpc) is 3.16. The number of piperidine rings is 1. The zero-order valence-corrected chi connectivity index (χ0v) is 17.9.